The molecule has 1 aromatic heterocycles. The van der Waals surface area contributed by atoms with Crippen LogP contribution in [0.2, 0.25) is 0 Å². The van der Waals surface area contributed by atoms with Gasteiger partial charge in [-0.2, -0.15) is 0 Å². The van der Waals surface area contributed by atoms with Gasteiger partial charge in [-0.3, -0.25) is 4.90 Å². The van der Waals surface area contributed by atoms with E-state index < -0.39 is 0 Å². The average molecular weight is 209 g/mol. The number of aromatic nitrogens is 1. The molecule has 0 radical (unpaired) electrons. The first-order valence-electron chi connectivity index (χ1n) is 5.62. The normalized spacial score (nSPS) is 18.6. The van der Waals surface area contributed by atoms with E-state index in [1.807, 2.05) is 0 Å². The van der Waals surface area contributed by atoms with E-state index in [4.69, 9.17) is 4.42 Å². The third-order valence-corrected chi connectivity index (χ3v) is 2.78. The van der Waals surface area contributed by atoms with Crippen LogP contribution in [0.5, 0.6) is 0 Å². The molecule has 0 saturated carbocycles. The van der Waals surface area contributed by atoms with E-state index in [1.165, 1.54) is 0 Å². The summed E-state index contributed by atoms with van der Waals surface area (Å²) < 4.78 is 5.41. The lowest BCUT2D eigenvalue weighted by molar-refractivity contribution is 0.229. The highest BCUT2D eigenvalue weighted by Gasteiger charge is 2.16. The van der Waals surface area contributed by atoms with Crippen molar-refractivity contribution in [2.24, 2.45) is 0 Å². The lowest BCUT2D eigenvalue weighted by Crippen LogP contribution is -2.43. The minimum Gasteiger partial charge on any atom is -0.448 e. The fraction of sp³-hybridized carbons (Fsp3) is 0.727. The van der Waals surface area contributed by atoms with Gasteiger partial charge in [0.1, 0.15) is 5.76 Å². The number of nitrogens with zero attached hydrogens (tertiary/aromatic N) is 2. The second-order valence-electron chi connectivity index (χ2n) is 4.34. The van der Waals surface area contributed by atoms with E-state index in [9.17, 15) is 0 Å². The van der Waals surface area contributed by atoms with Gasteiger partial charge in [0.05, 0.1) is 5.69 Å². The lowest BCUT2D eigenvalue weighted by Gasteiger charge is -2.26. The van der Waals surface area contributed by atoms with Gasteiger partial charge in [0.25, 0.3) is 0 Å². The molecule has 0 spiro atoms. The first-order valence-corrected chi connectivity index (χ1v) is 5.62. The summed E-state index contributed by atoms with van der Waals surface area (Å²) in [5.41, 5.74) is 1.10. The number of piperazine rings is 1. The van der Waals surface area contributed by atoms with Crippen molar-refractivity contribution in [2.75, 3.05) is 26.2 Å². The molecule has 1 saturated heterocycles. The van der Waals surface area contributed by atoms with Crippen molar-refractivity contribution in [2.45, 2.75) is 26.3 Å². The monoisotopic (exact) mass is 209 g/mol. The first kappa shape index (κ1) is 10.6. The van der Waals surface area contributed by atoms with Crippen LogP contribution in [0.1, 0.15) is 31.2 Å². The topological polar surface area (TPSA) is 41.3 Å². The third-order valence-electron chi connectivity index (χ3n) is 2.78. The van der Waals surface area contributed by atoms with Gasteiger partial charge in [-0.05, 0) is 0 Å². The third kappa shape index (κ3) is 2.58. The summed E-state index contributed by atoms with van der Waals surface area (Å²) in [6, 6.07) is 0. The Hall–Kier alpha value is -0.870. The van der Waals surface area contributed by atoms with Crippen LogP contribution in [-0.2, 0) is 6.54 Å². The zero-order valence-electron chi connectivity index (χ0n) is 9.49. The Balaban J connectivity index is 1.99. The van der Waals surface area contributed by atoms with Crippen LogP contribution in [0.3, 0.4) is 0 Å². The quantitative estimate of drug-likeness (QED) is 0.812. The Bertz CT molecular complexity index is 303. The van der Waals surface area contributed by atoms with E-state index in [-0.39, 0.29) is 0 Å². The second kappa shape index (κ2) is 4.77. The number of rotatable bonds is 3. The standard InChI is InChI=1S/C11H19N3O/c1-9(2)11-10(13-8-15-11)7-14-5-3-12-4-6-14/h8-9,12H,3-7H2,1-2H3. The fourth-order valence-electron chi connectivity index (χ4n) is 1.95. The van der Waals surface area contributed by atoms with Crippen molar-refractivity contribution in [1.82, 2.24) is 15.2 Å². The summed E-state index contributed by atoms with van der Waals surface area (Å²) in [7, 11) is 0. The average Bonchev–Trinajstić information content (AvgIpc) is 2.67. The van der Waals surface area contributed by atoms with Crippen molar-refractivity contribution >= 4 is 0 Å². The van der Waals surface area contributed by atoms with Crippen LogP contribution in [0.25, 0.3) is 0 Å². The smallest absolute Gasteiger partial charge is 0.181 e. The summed E-state index contributed by atoms with van der Waals surface area (Å²) in [6.07, 6.45) is 1.56. The van der Waals surface area contributed by atoms with Crippen molar-refractivity contribution in [1.29, 1.82) is 0 Å². The zero-order valence-corrected chi connectivity index (χ0v) is 9.49. The molecule has 0 bridgehead atoms. The molecular weight excluding hydrogens is 190 g/mol. The van der Waals surface area contributed by atoms with E-state index in [1.54, 1.807) is 6.39 Å². The van der Waals surface area contributed by atoms with E-state index in [0.29, 0.717) is 5.92 Å². The Morgan fingerprint density at radius 1 is 1.47 bits per heavy atom. The van der Waals surface area contributed by atoms with Crippen LogP contribution < -0.4 is 5.32 Å². The summed E-state index contributed by atoms with van der Waals surface area (Å²) in [5, 5.41) is 3.35. The van der Waals surface area contributed by atoms with Gasteiger partial charge in [0.15, 0.2) is 6.39 Å². The van der Waals surface area contributed by atoms with Gasteiger partial charge in [0, 0.05) is 38.6 Å². The molecule has 0 unspecified atom stereocenters. The van der Waals surface area contributed by atoms with Crippen molar-refractivity contribution < 1.29 is 4.42 Å². The molecule has 4 nitrogen and oxygen atoms in total. The molecule has 2 heterocycles. The molecule has 15 heavy (non-hydrogen) atoms. The SMILES string of the molecule is CC(C)c1ocnc1CN1CCNCC1. The molecule has 1 N–H and O–H groups in total. The summed E-state index contributed by atoms with van der Waals surface area (Å²) in [4.78, 5) is 6.72. The van der Waals surface area contributed by atoms with Crippen molar-refractivity contribution in [3.8, 4) is 0 Å². The molecule has 1 aromatic rings. The summed E-state index contributed by atoms with van der Waals surface area (Å²) >= 11 is 0. The Kier molecular flexibility index (Phi) is 3.38. The number of oxazole rings is 1. The van der Waals surface area contributed by atoms with Crippen LogP contribution in [0, 0.1) is 0 Å². The van der Waals surface area contributed by atoms with Gasteiger partial charge in [-0.1, -0.05) is 13.8 Å². The highest BCUT2D eigenvalue weighted by molar-refractivity contribution is 5.11. The van der Waals surface area contributed by atoms with Gasteiger partial charge in [0.2, 0.25) is 0 Å². The van der Waals surface area contributed by atoms with Gasteiger partial charge >= 0.3 is 0 Å². The van der Waals surface area contributed by atoms with E-state index in [2.05, 4.69) is 29.0 Å². The number of hydrogen-bond donors (Lipinski definition) is 1. The molecule has 1 fully saturated rings. The maximum atomic E-state index is 5.41. The van der Waals surface area contributed by atoms with Crippen LogP contribution >= 0.6 is 0 Å². The minimum atomic E-state index is 0.422. The summed E-state index contributed by atoms with van der Waals surface area (Å²) in [6.45, 7) is 9.56. The second-order valence-corrected chi connectivity index (χ2v) is 4.34. The van der Waals surface area contributed by atoms with Crippen molar-refractivity contribution in [3.05, 3.63) is 17.8 Å². The minimum absolute atomic E-state index is 0.422. The van der Waals surface area contributed by atoms with E-state index in [0.717, 1.165) is 44.2 Å². The maximum Gasteiger partial charge on any atom is 0.181 e. The van der Waals surface area contributed by atoms with Crippen LogP contribution in [0.4, 0.5) is 0 Å². The number of hydrogen-bond acceptors (Lipinski definition) is 4. The van der Waals surface area contributed by atoms with Gasteiger partial charge in [-0.15, -0.1) is 0 Å². The largest absolute Gasteiger partial charge is 0.448 e. The molecule has 1 aliphatic heterocycles. The van der Waals surface area contributed by atoms with Gasteiger partial charge < -0.3 is 9.73 Å². The fourth-order valence-corrected chi connectivity index (χ4v) is 1.95. The zero-order chi connectivity index (χ0) is 10.7. The number of nitrogens with one attached hydrogen (secondary N) is 1. The highest BCUT2D eigenvalue weighted by Crippen LogP contribution is 2.19. The van der Waals surface area contributed by atoms with Gasteiger partial charge in [-0.25, -0.2) is 4.98 Å². The van der Waals surface area contributed by atoms with E-state index >= 15 is 0 Å². The highest BCUT2D eigenvalue weighted by atomic mass is 16.3. The Morgan fingerprint density at radius 2 is 2.20 bits per heavy atom. The molecule has 0 atom stereocenters. The molecule has 2 rings (SSSR count). The lowest BCUT2D eigenvalue weighted by atomic mass is 10.1. The first-order chi connectivity index (χ1) is 7.27. The molecule has 4 heteroatoms. The molecule has 84 valence electrons. The van der Waals surface area contributed by atoms with Crippen LogP contribution in [0.15, 0.2) is 10.8 Å². The maximum absolute atomic E-state index is 5.41. The molecular formula is C11H19N3O. The van der Waals surface area contributed by atoms with Crippen molar-refractivity contribution in [3.63, 3.8) is 0 Å². The molecule has 0 aromatic carbocycles. The Morgan fingerprint density at radius 3 is 2.87 bits per heavy atom. The predicted octanol–water partition coefficient (Wildman–Crippen LogP) is 1.20. The Labute approximate surface area is 90.7 Å². The predicted molar refractivity (Wildman–Crippen MR) is 58.7 cm³/mol. The molecule has 0 amide bonds. The van der Waals surface area contributed by atoms with Crippen LogP contribution in [-0.4, -0.2) is 36.1 Å². The summed E-state index contributed by atoms with van der Waals surface area (Å²) in [5.74, 6) is 1.46. The molecule has 0 aliphatic carbocycles. The molecule has 1 aliphatic rings.